The Hall–Kier alpha value is -2.50. The summed E-state index contributed by atoms with van der Waals surface area (Å²) in [5, 5.41) is 6.83. The molecule has 0 spiro atoms. The minimum Gasteiger partial charge on any atom is -0.488 e. The first kappa shape index (κ1) is 20.2. The highest BCUT2D eigenvalue weighted by molar-refractivity contribution is 9.10. The van der Waals surface area contributed by atoms with Crippen LogP contribution in [0, 0.1) is 0 Å². The summed E-state index contributed by atoms with van der Waals surface area (Å²) in [5.74, 6) is 0.710. The highest BCUT2D eigenvalue weighted by Gasteiger charge is 2.04. The molecule has 6 heteroatoms. The maximum atomic E-state index is 11.1. The van der Waals surface area contributed by atoms with Gasteiger partial charge in [-0.15, -0.1) is 0 Å². The van der Waals surface area contributed by atoms with Crippen LogP contribution in [-0.2, 0) is 17.9 Å². The van der Waals surface area contributed by atoms with Crippen molar-refractivity contribution >= 4 is 44.8 Å². The fourth-order valence-corrected chi connectivity index (χ4v) is 3.26. The van der Waals surface area contributed by atoms with E-state index in [-0.39, 0.29) is 5.91 Å². The molecule has 0 saturated heterocycles. The number of ether oxygens (including phenoxy) is 1. The first-order valence-corrected chi connectivity index (χ1v) is 9.94. The third-order valence-electron chi connectivity index (χ3n) is 4.01. The Kier molecular flexibility index (Phi) is 6.95. The molecule has 0 aromatic heterocycles. The van der Waals surface area contributed by atoms with Gasteiger partial charge < -0.3 is 15.4 Å². The maximum Gasteiger partial charge on any atom is 0.221 e. The molecule has 0 saturated carbocycles. The number of anilines is 2. The molecule has 0 fully saturated rings. The summed E-state index contributed by atoms with van der Waals surface area (Å²) in [6.07, 6.45) is 0. The van der Waals surface area contributed by atoms with Crippen molar-refractivity contribution in [1.29, 1.82) is 0 Å². The van der Waals surface area contributed by atoms with Crippen LogP contribution in [-0.4, -0.2) is 5.91 Å². The Morgan fingerprint density at radius 3 is 2.25 bits per heavy atom. The van der Waals surface area contributed by atoms with E-state index in [1.165, 1.54) is 6.92 Å². The fourth-order valence-electron chi connectivity index (χ4n) is 2.59. The molecular weight excluding hydrogens is 440 g/mol. The average molecular weight is 460 g/mol. The molecule has 2 N–H and O–H groups in total. The molecule has 3 aromatic rings. The van der Waals surface area contributed by atoms with E-state index in [0.717, 1.165) is 32.7 Å². The Morgan fingerprint density at radius 1 is 0.964 bits per heavy atom. The monoisotopic (exact) mass is 458 g/mol. The molecule has 3 aromatic carbocycles. The van der Waals surface area contributed by atoms with Crippen molar-refractivity contribution < 1.29 is 9.53 Å². The van der Waals surface area contributed by atoms with Crippen LogP contribution in [0.4, 0.5) is 11.4 Å². The third-order valence-corrected chi connectivity index (χ3v) is 4.88. The van der Waals surface area contributed by atoms with Crippen molar-refractivity contribution in [1.82, 2.24) is 0 Å². The largest absolute Gasteiger partial charge is 0.488 e. The second-order valence-corrected chi connectivity index (χ2v) is 7.58. The maximum absolute atomic E-state index is 11.1. The van der Waals surface area contributed by atoms with Crippen molar-refractivity contribution in [2.75, 3.05) is 10.6 Å². The summed E-state index contributed by atoms with van der Waals surface area (Å²) >= 11 is 9.48. The van der Waals surface area contributed by atoms with Gasteiger partial charge in [0, 0.05) is 29.9 Å². The normalized spacial score (nSPS) is 10.4. The summed E-state index contributed by atoms with van der Waals surface area (Å²) in [4.78, 5) is 11.1. The van der Waals surface area contributed by atoms with Crippen molar-refractivity contribution in [3.8, 4) is 5.75 Å². The van der Waals surface area contributed by atoms with Crippen LogP contribution in [0.1, 0.15) is 18.1 Å². The molecule has 3 rings (SSSR count). The standard InChI is InChI=1S/C22H20BrClN2O2/c1-15(27)26-20-9-7-19(8-10-20)25-13-17-4-11-22(21(23)12-17)28-14-16-2-5-18(24)6-3-16/h2-12,25H,13-14H2,1H3,(H,26,27). The number of carbonyl (C=O) groups excluding carboxylic acids is 1. The van der Waals surface area contributed by atoms with Crippen molar-refractivity contribution in [2.45, 2.75) is 20.1 Å². The molecule has 0 unspecified atom stereocenters. The molecule has 28 heavy (non-hydrogen) atoms. The topological polar surface area (TPSA) is 50.4 Å². The van der Waals surface area contributed by atoms with Gasteiger partial charge in [-0.2, -0.15) is 0 Å². The van der Waals surface area contributed by atoms with Crippen LogP contribution in [0.15, 0.2) is 71.2 Å². The van der Waals surface area contributed by atoms with Crippen LogP contribution < -0.4 is 15.4 Å². The predicted octanol–water partition coefficient (Wildman–Crippen LogP) is 6.25. The van der Waals surface area contributed by atoms with E-state index < -0.39 is 0 Å². The van der Waals surface area contributed by atoms with Gasteiger partial charge in [-0.25, -0.2) is 0 Å². The number of carbonyl (C=O) groups is 1. The highest BCUT2D eigenvalue weighted by atomic mass is 79.9. The number of amides is 1. The Bertz CT molecular complexity index is 944. The lowest BCUT2D eigenvalue weighted by molar-refractivity contribution is -0.114. The zero-order chi connectivity index (χ0) is 19.9. The van der Waals surface area contributed by atoms with Gasteiger partial charge in [0.05, 0.1) is 4.47 Å². The Labute approximate surface area is 178 Å². The van der Waals surface area contributed by atoms with E-state index in [0.29, 0.717) is 18.2 Å². The second-order valence-electron chi connectivity index (χ2n) is 6.29. The molecule has 0 bridgehead atoms. The summed E-state index contributed by atoms with van der Waals surface area (Å²) in [6.45, 7) is 2.65. The zero-order valence-corrected chi connectivity index (χ0v) is 17.7. The minimum absolute atomic E-state index is 0.0797. The first-order valence-electron chi connectivity index (χ1n) is 8.77. The molecule has 0 aliphatic rings. The molecule has 4 nitrogen and oxygen atoms in total. The lowest BCUT2D eigenvalue weighted by Gasteiger charge is -2.11. The number of halogens is 2. The lowest BCUT2D eigenvalue weighted by Crippen LogP contribution is -2.05. The number of rotatable bonds is 7. The summed E-state index contributed by atoms with van der Waals surface area (Å²) in [5.41, 5.74) is 3.94. The van der Waals surface area contributed by atoms with E-state index in [1.54, 1.807) is 0 Å². The second kappa shape index (κ2) is 9.62. The average Bonchev–Trinajstić information content (AvgIpc) is 2.67. The third kappa shape index (κ3) is 6.01. The van der Waals surface area contributed by atoms with Crippen LogP contribution in [0.2, 0.25) is 5.02 Å². The van der Waals surface area contributed by atoms with Crippen molar-refractivity contribution in [2.24, 2.45) is 0 Å². The molecule has 0 radical (unpaired) electrons. The smallest absolute Gasteiger partial charge is 0.221 e. The van der Waals surface area contributed by atoms with Crippen molar-refractivity contribution in [3.63, 3.8) is 0 Å². The van der Waals surface area contributed by atoms with Gasteiger partial charge in [0.15, 0.2) is 0 Å². The van der Waals surface area contributed by atoms with Gasteiger partial charge >= 0.3 is 0 Å². The van der Waals surface area contributed by atoms with Gasteiger partial charge in [0.1, 0.15) is 12.4 Å². The minimum atomic E-state index is -0.0797. The van der Waals surface area contributed by atoms with Gasteiger partial charge in [0.2, 0.25) is 5.91 Å². The lowest BCUT2D eigenvalue weighted by atomic mass is 10.2. The van der Waals surface area contributed by atoms with E-state index in [9.17, 15) is 4.79 Å². The van der Waals surface area contributed by atoms with Crippen LogP contribution in [0.25, 0.3) is 0 Å². The molecular formula is C22H20BrClN2O2. The molecule has 1 amide bonds. The van der Waals surface area contributed by atoms with Crippen LogP contribution in [0.5, 0.6) is 5.75 Å². The van der Waals surface area contributed by atoms with E-state index in [4.69, 9.17) is 16.3 Å². The van der Waals surface area contributed by atoms with Gasteiger partial charge in [0.25, 0.3) is 0 Å². The zero-order valence-electron chi connectivity index (χ0n) is 15.3. The van der Waals surface area contributed by atoms with Gasteiger partial charge in [-0.05, 0) is 75.6 Å². The van der Waals surface area contributed by atoms with Crippen LogP contribution in [0.3, 0.4) is 0 Å². The summed E-state index contributed by atoms with van der Waals surface area (Å²) < 4.78 is 6.78. The summed E-state index contributed by atoms with van der Waals surface area (Å²) in [7, 11) is 0. The molecule has 0 atom stereocenters. The Balaban J connectivity index is 1.54. The van der Waals surface area contributed by atoms with E-state index >= 15 is 0 Å². The predicted molar refractivity (Wildman–Crippen MR) is 118 cm³/mol. The van der Waals surface area contributed by atoms with Gasteiger partial charge in [-0.3, -0.25) is 4.79 Å². The number of nitrogens with one attached hydrogen (secondary N) is 2. The van der Waals surface area contributed by atoms with E-state index in [1.807, 2.05) is 66.7 Å². The van der Waals surface area contributed by atoms with Crippen LogP contribution >= 0.6 is 27.5 Å². The number of hydrogen-bond acceptors (Lipinski definition) is 3. The highest BCUT2D eigenvalue weighted by Crippen LogP contribution is 2.27. The number of benzene rings is 3. The summed E-state index contributed by atoms with van der Waals surface area (Å²) in [6, 6.07) is 21.2. The fraction of sp³-hybridized carbons (Fsp3) is 0.136. The Morgan fingerprint density at radius 2 is 1.61 bits per heavy atom. The SMILES string of the molecule is CC(=O)Nc1ccc(NCc2ccc(OCc3ccc(Cl)cc3)c(Br)c2)cc1. The first-order chi connectivity index (χ1) is 13.5. The molecule has 144 valence electrons. The molecule has 0 heterocycles. The quantitative estimate of drug-likeness (QED) is 0.439. The molecule has 0 aliphatic carbocycles. The van der Waals surface area contributed by atoms with Crippen molar-refractivity contribution in [3.05, 3.63) is 87.4 Å². The molecule has 0 aliphatic heterocycles. The van der Waals surface area contributed by atoms with Gasteiger partial charge in [-0.1, -0.05) is 29.8 Å². The van der Waals surface area contributed by atoms with E-state index in [2.05, 4.69) is 26.6 Å². The number of hydrogen-bond donors (Lipinski definition) is 2.